The Morgan fingerprint density at radius 3 is 2.41 bits per heavy atom. The number of para-hydroxylation sites is 1. The molecule has 2 aromatic carbocycles. The van der Waals surface area contributed by atoms with Crippen molar-refractivity contribution in [2.24, 2.45) is 0 Å². The fourth-order valence-corrected chi connectivity index (χ4v) is 1.47. The molecule has 0 radical (unpaired) electrons. The zero-order chi connectivity index (χ0) is 12.1. The lowest BCUT2D eigenvalue weighted by Crippen LogP contribution is -1.91. The molecule has 0 saturated carbocycles. The van der Waals surface area contributed by atoms with E-state index in [2.05, 4.69) is 11.8 Å². The molecule has 0 amide bonds. The van der Waals surface area contributed by atoms with Crippen molar-refractivity contribution < 1.29 is 4.39 Å². The van der Waals surface area contributed by atoms with Crippen LogP contribution in [0.25, 0.3) is 0 Å². The Morgan fingerprint density at radius 2 is 1.71 bits per heavy atom. The summed E-state index contributed by atoms with van der Waals surface area (Å²) in [6.07, 6.45) is 0.601. The molecule has 0 aromatic heterocycles. The molecule has 2 rings (SSSR count). The number of nitrogen functional groups attached to an aromatic ring is 1. The van der Waals surface area contributed by atoms with Gasteiger partial charge in [0, 0.05) is 17.7 Å². The summed E-state index contributed by atoms with van der Waals surface area (Å²) in [6.45, 7) is 0. The van der Waals surface area contributed by atoms with Gasteiger partial charge in [0.1, 0.15) is 5.82 Å². The highest BCUT2D eigenvalue weighted by atomic mass is 19.1. The highest BCUT2D eigenvalue weighted by Crippen LogP contribution is 2.10. The third-order valence-corrected chi connectivity index (χ3v) is 2.41. The molecule has 0 unspecified atom stereocenters. The van der Waals surface area contributed by atoms with E-state index in [0.29, 0.717) is 6.42 Å². The smallest absolute Gasteiger partial charge is 0.123 e. The molecule has 2 aromatic rings. The first-order chi connectivity index (χ1) is 8.25. The molecule has 17 heavy (non-hydrogen) atoms. The van der Waals surface area contributed by atoms with Crippen molar-refractivity contribution in [3.05, 3.63) is 65.5 Å². The molecule has 0 heterocycles. The van der Waals surface area contributed by atoms with E-state index in [4.69, 9.17) is 5.73 Å². The maximum Gasteiger partial charge on any atom is 0.123 e. The Bertz CT molecular complexity index is 561. The fraction of sp³-hybridized carbons (Fsp3) is 0.0667. The molecule has 0 aliphatic heterocycles. The van der Waals surface area contributed by atoms with Crippen LogP contribution in [0.4, 0.5) is 10.1 Å². The average Bonchev–Trinajstić information content (AvgIpc) is 2.34. The minimum Gasteiger partial charge on any atom is -0.398 e. The van der Waals surface area contributed by atoms with E-state index < -0.39 is 0 Å². The van der Waals surface area contributed by atoms with Crippen LogP contribution in [-0.4, -0.2) is 0 Å². The number of halogens is 1. The zero-order valence-electron chi connectivity index (χ0n) is 9.28. The quantitative estimate of drug-likeness (QED) is 0.586. The third kappa shape index (κ3) is 3.09. The fourth-order valence-electron chi connectivity index (χ4n) is 1.47. The maximum absolute atomic E-state index is 12.7. The second kappa shape index (κ2) is 5.18. The van der Waals surface area contributed by atoms with Crippen molar-refractivity contribution in [2.45, 2.75) is 6.42 Å². The molecule has 0 aliphatic rings. The molecule has 84 valence electrons. The van der Waals surface area contributed by atoms with Gasteiger partial charge in [0.05, 0.1) is 0 Å². The molecule has 0 bridgehead atoms. The van der Waals surface area contributed by atoms with Crippen LogP contribution in [0.15, 0.2) is 48.5 Å². The summed E-state index contributed by atoms with van der Waals surface area (Å²) in [5.41, 5.74) is 8.38. The monoisotopic (exact) mass is 225 g/mol. The first-order valence-corrected chi connectivity index (χ1v) is 5.33. The lowest BCUT2D eigenvalue weighted by molar-refractivity contribution is 0.627. The van der Waals surface area contributed by atoms with E-state index in [1.165, 1.54) is 12.1 Å². The van der Waals surface area contributed by atoms with Crippen molar-refractivity contribution in [3.63, 3.8) is 0 Å². The summed E-state index contributed by atoms with van der Waals surface area (Å²) >= 11 is 0. The first kappa shape index (κ1) is 11.2. The minimum atomic E-state index is -0.247. The summed E-state index contributed by atoms with van der Waals surface area (Å²) in [4.78, 5) is 0. The van der Waals surface area contributed by atoms with Gasteiger partial charge < -0.3 is 5.73 Å². The van der Waals surface area contributed by atoms with Gasteiger partial charge in [-0.3, -0.25) is 0 Å². The molecule has 0 fully saturated rings. The summed E-state index contributed by atoms with van der Waals surface area (Å²) in [5, 5.41) is 0. The lowest BCUT2D eigenvalue weighted by Gasteiger charge is -1.99. The Balaban J connectivity index is 2.09. The first-order valence-electron chi connectivity index (χ1n) is 5.33. The second-order valence-electron chi connectivity index (χ2n) is 3.68. The van der Waals surface area contributed by atoms with Gasteiger partial charge in [0.15, 0.2) is 0 Å². The lowest BCUT2D eigenvalue weighted by atomic mass is 10.1. The molecule has 0 spiro atoms. The molecular formula is C15H12FN. The van der Waals surface area contributed by atoms with Crippen LogP contribution in [0.1, 0.15) is 11.1 Å². The summed E-state index contributed by atoms with van der Waals surface area (Å²) in [6, 6.07) is 13.8. The van der Waals surface area contributed by atoms with Crippen LogP contribution >= 0.6 is 0 Å². The van der Waals surface area contributed by atoms with E-state index >= 15 is 0 Å². The number of anilines is 1. The molecule has 1 nitrogen and oxygen atoms in total. The topological polar surface area (TPSA) is 26.0 Å². The maximum atomic E-state index is 12.7. The Kier molecular flexibility index (Phi) is 3.42. The third-order valence-electron chi connectivity index (χ3n) is 2.41. The van der Waals surface area contributed by atoms with Gasteiger partial charge >= 0.3 is 0 Å². The molecule has 2 heteroatoms. The van der Waals surface area contributed by atoms with Gasteiger partial charge in [-0.1, -0.05) is 30.0 Å². The van der Waals surface area contributed by atoms with Crippen molar-refractivity contribution in [3.8, 4) is 11.8 Å². The van der Waals surface area contributed by atoms with Crippen LogP contribution in [0, 0.1) is 17.7 Å². The van der Waals surface area contributed by atoms with E-state index in [9.17, 15) is 4.39 Å². The number of hydrogen-bond acceptors (Lipinski definition) is 1. The van der Waals surface area contributed by atoms with E-state index in [-0.39, 0.29) is 5.82 Å². The van der Waals surface area contributed by atoms with Crippen molar-refractivity contribution in [2.75, 3.05) is 5.73 Å². The van der Waals surface area contributed by atoms with Crippen LogP contribution in [-0.2, 0) is 6.42 Å². The van der Waals surface area contributed by atoms with Crippen molar-refractivity contribution in [1.29, 1.82) is 0 Å². The van der Waals surface area contributed by atoms with Crippen LogP contribution < -0.4 is 5.73 Å². The van der Waals surface area contributed by atoms with E-state index in [1.54, 1.807) is 12.1 Å². The van der Waals surface area contributed by atoms with Crippen molar-refractivity contribution >= 4 is 5.69 Å². The van der Waals surface area contributed by atoms with Crippen LogP contribution in [0.2, 0.25) is 0 Å². The summed E-state index contributed by atoms with van der Waals surface area (Å²) in [7, 11) is 0. The summed E-state index contributed by atoms with van der Waals surface area (Å²) in [5.74, 6) is 5.75. The molecule has 2 N–H and O–H groups in total. The number of benzene rings is 2. The number of hydrogen-bond donors (Lipinski definition) is 1. The number of rotatable bonds is 1. The molecule has 0 atom stereocenters. The Hall–Kier alpha value is -2.27. The minimum absolute atomic E-state index is 0.247. The molecule has 0 saturated heterocycles. The predicted molar refractivity (Wildman–Crippen MR) is 67.8 cm³/mol. The van der Waals surface area contributed by atoms with Gasteiger partial charge in [-0.15, -0.1) is 0 Å². The Labute approximate surface area is 100 Å². The van der Waals surface area contributed by atoms with Gasteiger partial charge in [-0.2, -0.15) is 0 Å². The van der Waals surface area contributed by atoms with Gasteiger partial charge in [-0.25, -0.2) is 4.39 Å². The summed E-state index contributed by atoms with van der Waals surface area (Å²) < 4.78 is 12.7. The van der Waals surface area contributed by atoms with E-state index in [1.807, 2.05) is 24.3 Å². The molecule has 0 aliphatic carbocycles. The predicted octanol–water partition coefficient (Wildman–Crippen LogP) is 3.00. The van der Waals surface area contributed by atoms with Gasteiger partial charge in [0.2, 0.25) is 0 Å². The highest BCUT2D eigenvalue weighted by molar-refractivity contribution is 5.48. The zero-order valence-corrected chi connectivity index (χ0v) is 9.28. The standard InChI is InChI=1S/C15H12FN/c16-14-10-8-12(9-11-14)4-3-6-13-5-1-2-7-15(13)17/h1-2,5,7-11H,6,17H2. The SMILES string of the molecule is Nc1ccccc1CC#Cc1ccc(F)cc1. The normalized spacial score (nSPS) is 9.47. The van der Waals surface area contributed by atoms with Crippen LogP contribution in [0.5, 0.6) is 0 Å². The van der Waals surface area contributed by atoms with Crippen molar-refractivity contribution in [1.82, 2.24) is 0 Å². The van der Waals surface area contributed by atoms with Gasteiger partial charge in [0.25, 0.3) is 0 Å². The second-order valence-corrected chi connectivity index (χ2v) is 3.68. The van der Waals surface area contributed by atoms with Crippen LogP contribution in [0.3, 0.4) is 0 Å². The highest BCUT2D eigenvalue weighted by Gasteiger charge is 1.94. The molecular weight excluding hydrogens is 213 g/mol. The van der Waals surface area contributed by atoms with Gasteiger partial charge in [-0.05, 0) is 35.9 Å². The Morgan fingerprint density at radius 1 is 1.00 bits per heavy atom. The average molecular weight is 225 g/mol. The van der Waals surface area contributed by atoms with E-state index in [0.717, 1.165) is 16.8 Å². The number of nitrogens with two attached hydrogens (primary N) is 1. The largest absolute Gasteiger partial charge is 0.398 e.